The molecule has 0 radical (unpaired) electrons. The summed E-state index contributed by atoms with van der Waals surface area (Å²) in [6.45, 7) is 3.40. The molecule has 0 bridgehead atoms. The second-order valence-corrected chi connectivity index (χ2v) is 4.78. The molecule has 1 rings (SSSR count). The number of nitrogens with zero attached hydrogens (tertiary/aromatic N) is 1. The molecule has 0 spiro atoms. The normalized spacial score (nSPS) is 11.1. The van der Waals surface area contributed by atoms with E-state index in [-0.39, 0.29) is 23.4 Å². The van der Waals surface area contributed by atoms with Crippen LogP contribution in [0, 0.1) is 11.3 Å². The molecule has 0 fully saturated rings. The third-order valence-electron chi connectivity index (χ3n) is 2.66. The molecule has 0 aliphatic rings. The van der Waals surface area contributed by atoms with E-state index in [1.807, 2.05) is 19.9 Å². The zero-order chi connectivity index (χ0) is 15.8. The number of nitrogens with one attached hydrogen (secondary N) is 2. The van der Waals surface area contributed by atoms with Crippen LogP contribution >= 0.6 is 11.6 Å². The highest BCUT2D eigenvalue weighted by atomic mass is 35.5. The van der Waals surface area contributed by atoms with E-state index < -0.39 is 11.9 Å². The molecule has 112 valence electrons. The van der Waals surface area contributed by atoms with E-state index in [0.29, 0.717) is 5.56 Å². The van der Waals surface area contributed by atoms with Crippen molar-refractivity contribution in [3.8, 4) is 11.8 Å². The summed E-state index contributed by atoms with van der Waals surface area (Å²) >= 11 is 5.90. The zero-order valence-corrected chi connectivity index (χ0v) is 12.5. The molecule has 2 N–H and O–H groups in total. The SMILES string of the molecule is CC[C@@H](C)NC(=O)NC(=O)COc1ccc(C#N)cc1Cl. The smallest absolute Gasteiger partial charge is 0.321 e. The maximum absolute atomic E-state index is 11.5. The Balaban J connectivity index is 2.47. The molecule has 0 saturated carbocycles. The molecule has 0 unspecified atom stereocenters. The standard InChI is InChI=1S/C14H16ClN3O3/c1-3-9(2)17-14(20)18-13(19)8-21-12-5-4-10(7-16)6-11(12)15/h4-6,9H,3,8H2,1-2H3,(H2,17,18,19,20)/t9-/m1/s1. The number of carbonyl (C=O) groups is 2. The highest BCUT2D eigenvalue weighted by Gasteiger charge is 2.11. The lowest BCUT2D eigenvalue weighted by atomic mass is 10.2. The van der Waals surface area contributed by atoms with Gasteiger partial charge in [-0.2, -0.15) is 5.26 Å². The fourth-order valence-electron chi connectivity index (χ4n) is 1.36. The number of ether oxygens (including phenoxy) is 1. The topological polar surface area (TPSA) is 91.2 Å². The van der Waals surface area contributed by atoms with Crippen LogP contribution in [0.1, 0.15) is 25.8 Å². The van der Waals surface area contributed by atoms with Gasteiger partial charge in [0, 0.05) is 6.04 Å². The number of carbonyl (C=O) groups excluding carboxylic acids is 2. The Hall–Kier alpha value is -2.26. The molecule has 21 heavy (non-hydrogen) atoms. The minimum Gasteiger partial charge on any atom is -0.482 e. The summed E-state index contributed by atoms with van der Waals surface area (Å²) in [7, 11) is 0. The van der Waals surface area contributed by atoms with Crippen LogP contribution in [0.4, 0.5) is 4.79 Å². The number of benzene rings is 1. The predicted octanol–water partition coefficient (Wildman–Crippen LogP) is 2.21. The van der Waals surface area contributed by atoms with E-state index >= 15 is 0 Å². The van der Waals surface area contributed by atoms with Crippen LogP contribution in [0.2, 0.25) is 5.02 Å². The lowest BCUT2D eigenvalue weighted by Gasteiger charge is -2.12. The number of urea groups is 1. The number of halogens is 1. The largest absolute Gasteiger partial charge is 0.482 e. The Bertz CT molecular complexity index is 569. The predicted molar refractivity (Wildman–Crippen MR) is 78.1 cm³/mol. The first-order chi connectivity index (χ1) is 9.96. The van der Waals surface area contributed by atoms with Crippen LogP contribution in [0.15, 0.2) is 18.2 Å². The van der Waals surface area contributed by atoms with Crippen LogP contribution in [-0.4, -0.2) is 24.6 Å². The molecule has 0 aliphatic heterocycles. The van der Waals surface area contributed by atoms with Gasteiger partial charge < -0.3 is 10.1 Å². The Morgan fingerprint density at radius 3 is 2.76 bits per heavy atom. The van der Waals surface area contributed by atoms with Crippen molar-refractivity contribution in [2.75, 3.05) is 6.61 Å². The first-order valence-corrected chi connectivity index (χ1v) is 6.76. The average Bonchev–Trinajstić information content (AvgIpc) is 2.45. The van der Waals surface area contributed by atoms with E-state index in [4.69, 9.17) is 21.6 Å². The van der Waals surface area contributed by atoms with Gasteiger partial charge in [-0.25, -0.2) is 4.79 Å². The fourth-order valence-corrected chi connectivity index (χ4v) is 1.59. The summed E-state index contributed by atoms with van der Waals surface area (Å²) in [6, 6.07) is 5.80. The summed E-state index contributed by atoms with van der Waals surface area (Å²) in [5.74, 6) is -0.315. The zero-order valence-electron chi connectivity index (χ0n) is 11.8. The minimum atomic E-state index is -0.587. The molecular weight excluding hydrogens is 294 g/mol. The van der Waals surface area contributed by atoms with Crippen LogP contribution < -0.4 is 15.4 Å². The van der Waals surface area contributed by atoms with E-state index in [0.717, 1.165) is 6.42 Å². The minimum absolute atomic E-state index is 0.0216. The Labute approximate surface area is 128 Å². The third kappa shape index (κ3) is 5.71. The van der Waals surface area contributed by atoms with Crippen molar-refractivity contribution in [2.24, 2.45) is 0 Å². The second kappa shape index (κ2) is 8.12. The van der Waals surface area contributed by atoms with Gasteiger partial charge in [0.1, 0.15) is 5.75 Å². The van der Waals surface area contributed by atoms with Gasteiger partial charge in [0.2, 0.25) is 0 Å². The number of nitriles is 1. The molecule has 3 amide bonds. The van der Waals surface area contributed by atoms with Gasteiger partial charge in [0.15, 0.2) is 6.61 Å². The first kappa shape index (κ1) is 16.8. The van der Waals surface area contributed by atoms with Gasteiger partial charge in [-0.1, -0.05) is 18.5 Å². The van der Waals surface area contributed by atoms with E-state index in [1.54, 1.807) is 0 Å². The molecule has 6 nitrogen and oxygen atoms in total. The Kier molecular flexibility index (Phi) is 6.50. The van der Waals surface area contributed by atoms with E-state index in [9.17, 15) is 9.59 Å². The quantitative estimate of drug-likeness (QED) is 0.872. The highest BCUT2D eigenvalue weighted by Crippen LogP contribution is 2.24. The summed E-state index contributed by atoms with van der Waals surface area (Å²) in [5, 5.41) is 13.7. The Morgan fingerprint density at radius 1 is 1.48 bits per heavy atom. The lowest BCUT2D eigenvalue weighted by molar-refractivity contribution is -0.122. The second-order valence-electron chi connectivity index (χ2n) is 4.38. The molecule has 0 heterocycles. The van der Waals surface area contributed by atoms with Gasteiger partial charge in [-0.15, -0.1) is 0 Å². The van der Waals surface area contributed by atoms with Crippen LogP contribution in [0.25, 0.3) is 0 Å². The third-order valence-corrected chi connectivity index (χ3v) is 2.96. The highest BCUT2D eigenvalue weighted by molar-refractivity contribution is 6.32. The van der Waals surface area contributed by atoms with Gasteiger partial charge in [0.05, 0.1) is 16.7 Å². The monoisotopic (exact) mass is 309 g/mol. The van der Waals surface area contributed by atoms with Crippen molar-refractivity contribution in [2.45, 2.75) is 26.3 Å². The molecule has 1 aromatic rings. The summed E-state index contributed by atoms with van der Waals surface area (Å²) < 4.78 is 5.20. The van der Waals surface area contributed by atoms with Gasteiger partial charge in [0.25, 0.3) is 5.91 Å². The van der Waals surface area contributed by atoms with E-state index in [2.05, 4.69) is 10.6 Å². The summed E-state index contributed by atoms with van der Waals surface area (Å²) in [4.78, 5) is 23.0. The lowest BCUT2D eigenvalue weighted by Crippen LogP contribution is -2.44. The molecule has 1 atom stereocenters. The summed E-state index contributed by atoms with van der Waals surface area (Å²) in [6.07, 6.45) is 0.763. The molecular formula is C14H16ClN3O3. The summed E-state index contributed by atoms with van der Waals surface area (Å²) in [5.41, 5.74) is 0.393. The van der Waals surface area contributed by atoms with Gasteiger partial charge in [-0.3, -0.25) is 10.1 Å². The van der Waals surface area contributed by atoms with Gasteiger partial charge in [-0.05, 0) is 31.5 Å². The van der Waals surface area contributed by atoms with Crippen molar-refractivity contribution < 1.29 is 14.3 Å². The van der Waals surface area contributed by atoms with Crippen molar-refractivity contribution >= 4 is 23.5 Å². The Morgan fingerprint density at radius 2 is 2.19 bits per heavy atom. The van der Waals surface area contributed by atoms with Crippen LogP contribution in [0.3, 0.4) is 0 Å². The average molecular weight is 310 g/mol. The maximum Gasteiger partial charge on any atom is 0.321 e. The maximum atomic E-state index is 11.5. The van der Waals surface area contributed by atoms with Crippen molar-refractivity contribution in [3.05, 3.63) is 28.8 Å². The van der Waals surface area contributed by atoms with Gasteiger partial charge >= 0.3 is 6.03 Å². The van der Waals surface area contributed by atoms with Crippen molar-refractivity contribution in [1.29, 1.82) is 5.26 Å². The number of hydrogen-bond donors (Lipinski definition) is 2. The molecule has 7 heteroatoms. The molecule has 0 aliphatic carbocycles. The number of hydrogen-bond acceptors (Lipinski definition) is 4. The number of amides is 3. The number of imide groups is 1. The van der Waals surface area contributed by atoms with Crippen molar-refractivity contribution in [1.82, 2.24) is 10.6 Å². The first-order valence-electron chi connectivity index (χ1n) is 6.39. The molecule has 1 aromatic carbocycles. The van der Waals surface area contributed by atoms with E-state index in [1.165, 1.54) is 18.2 Å². The fraction of sp³-hybridized carbons (Fsp3) is 0.357. The number of rotatable bonds is 5. The van der Waals surface area contributed by atoms with Crippen LogP contribution in [0.5, 0.6) is 5.75 Å². The molecule has 0 aromatic heterocycles. The van der Waals surface area contributed by atoms with Crippen molar-refractivity contribution in [3.63, 3.8) is 0 Å². The van der Waals surface area contributed by atoms with Crippen LogP contribution in [-0.2, 0) is 4.79 Å². The molecule has 0 saturated heterocycles.